The molecular formula is C20H20N2O5. The molecule has 0 spiro atoms. The maximum Gasteiger partial charge on any atom is 0.331 e. The Hall–Kier alpha value is -3.48. The molecule has 1 N–H and O–H groups in total. The molecule has 1 amide bonds. The molecular weight excluding hydrogens is 348 g/mol. The normalized spacial score (nSPS) is 10.8. The first kappa shape index (κ1) is 19.8. The maximum atomic E-state index is 11.8. The number of amides is 1. The lowest BCUT2D eigenvalue weighted by atomic mass is 10.0. The van der Waals surface area contributed by atoms with Gasteiger partial charge in [0.1, 0.15) is 0 Å². The number of benzene rings is 2. The molecule has 0 aliphatic carbocycles. The van der Waals surface area contributed by atoms with Gasteiger partial charge in [-0.05, 0) is 35.3 Å². The van der Waals surface area contributed by atoms with Crippen molar-refractivity contribution in [3.63, 3.8) is 0 Å². The molecule has 0 aromatic heterocycles. The van der Waals surface area contributed by atoms with Crippen molar-refractivity contribution in [2.45, 2.75) is 19.8 Å². The molecule has 27 heavy (non-hydrogen) atoms. The van der Waals surface area contributed by atoms with Gasteiger partial charge in [-0.15, -0.1) is 0 Å². The van der Waals surface area contributed by atoms with Gasteiger partial charge >= 0.3 is 5.97 Å². The standard InChI is InChI=1S/C20H20N2O5/c1-14(2)16-7-9-17(10-8-16)21-19(23)13-27-20(24)11-6-15-4-3-5-18(12-15)22(25)26/h3-12,14H,13H2,1-2H3,(H,21,23)/b11-6+. The molecule has 2 rings (SSSR count). The Morgan fingerprint density at radius 2 is 1.89 bits per heavy atom. The summed E-state index contributed by atoms with van der Waals surface area (Å²) in [6.07, 6.45) is 2.50. The number of nitro benzene ring substituents is 1. The molecule has 0 atom stereocenters. The topological polar surface area (TPSA) is 98.5 Å². The second-order valence-corrected chi connectivity index (χ2v) is 6.12. The highest BCUT2D eigenvalue weighted by Crippen LogP contribution is 2.17. The van der Waals surface area contributed by atoms with Gasteiger partial charge in [0.25, 0.3) is 11.6 Å². The highest BCUT2D eigenvalue weighted by molar-refractivity contribution is 5.94. The lowest BCUT2D eigenvalue weighted by molar-refractivity contribution is -0.384. The van der Waals surface area contributed by atoms with Gasteiger partial charge in [0, 0.05) is 23.9 Å². The lowest BCUT2D eigenvalue weighted by Gasteiger charge is -2.08. The number of rotatable bonds is 7. The van der Waals surface area contributed by atoms with Gasteiger partial charge in [-0.3, -0.25) is 14.9 Å². The Balaban J connectivity index is 1.83. The van der Waals surface area contributed by atoms with Gasteiger partial charge < -0.3 is 10.1 Å². The van der Waals surface area contributed by atoms with Crippen molar-refractivity contribution in [2.75, 3.05) is 11.9 Å². The van der Waals surface area contributed by atoms with Crippen LogP contribution in [0.15, 0.2) is 54.6 Å². The Morgan fingerprint density at radius 3 is 2.52 bits per heavy atom. The molecule has 0 fully saturated rings. The van der Waals surface area contributed by atoms with E-state index in [9.17, 15) is 19.7 Å². The van der Waals surface area contributed by atoms with Crippen LogP contribution in [0.2, 0.25) is 0 Å². The summed E-state index contributed by atoms with van der Waals surface area (Å²) in [5.74, 6) is -0.773. The number of hydrogen-bond donors (Lipinski definition) is 1. The monoisotopic (exact) mass is 368 g/mol. The van der Waals surface area contributed by atoms with Gasteiger partial charge in [0.2, 0.25) is 0 Å². The predicted molar refractivity (Wildman–Crippen MR) is 102 cm³/mol. The van der Waals surface area contributed by atoms with Crippen LogP contribution in [0.4, 0.5) is 11.4 Å². The number of nitrogens with zero attached hydrogens (tertiary/aromatic N) is 1. The second kappa shape index (κ2) is 9.28. The molecule has 0 saturated heterocycles. The van der Waals surface area contributed by atoms with Gasteiger partial charge in [-0.25, -0.2) is 4.79 Å². The van der Waals surface area contributed by atoms with Crippen LogP contribution in [0.5, 0.6) is 0 Å². The Bertz CT molecular complexity index is 857. The number of non-ortho nitro benzene ring substituents is 1. The van der Waals surface area contributed by atoms with E-state index in [-0.39, 0.29) is 5.69 Å². The summed E-state index contributed by atoms with van der Waals surface area (Å²) in [5.41, 5.74) is 2.18. The van der Waals surface area contributed by atoms with Crippen molar-refractivity contribution in [3.8, 4) is 0 Å². The number of hydrogen-bond acceptors (Lipinski definition) is 5. The summed E-state index contributed by atoms with van der Waals surface area (Å²) in [4.78, 5) is 33.7. The molecule has 0 saturated carbocycles. The molecule has 0 aliphatic heterocycles. The number of ether oxygens (including phenoxy) is 1. The van der Waals surface area contributed by atoms with Crippen LogP contribution in [0.25, 0.3) is 6.08 Å². The van der Waals surface area contributed by atoms with Crippen LogP contribution in [0.1, 0.15) is 30.9 Å². The van der Waals surface area contributed by atoms with Crippen LogP contribution in [0, 0.1) is 10.1 Å². The van der Waals surface area contributed by atoms with E-state index in [0.29, 0.717) is 17.2 Å². The minimum atomic E-state index is -0.716. The zero-order chi connectivity index (χ0) is 19.8. The van der Waals surface area contributed by atoms with Crippen molar-refractivity contribution in [1.29, 1.82) is 0 Å². The molecule has 0 bridgehead atoms. The van der Waals surface area contributed by atoms with Gasteiger partial charge in [-0.1, -0.05) is 38.1 Å². The minimum absolute atomic E-state index is 0.0756. The van der Waals surface area contributed by atoms with Crippen molar-refractivity contribution >= 4 is 29.3 Å². The molecule has 140 valence electrons. The van der Waals surface area contributed by atoms with E-state index in [0.717, 1.165) is 11.6 Å². The Labute approximate surface area is 156 Å². The first-order chi connectivity index (χ1) is 12.8. The Kier molecular flexibility index (Phi) is 6.82. The number of nitro groups is 1. The number of nitrogens with one attached hydrogen (secondary N) is 1. The predicted octanol–water partition coefficient (Wildman–Crippen LogP) is 3.91. The summed E-state index contributed by atoms with van der Waals surface area (Å²) >= 11 is 0. The third-order valence-corrected chi connectivity index (χ3v) is 3.70. The summed E-state index contributed by atoms with van der Waals surface area (Å²) in [6, 6.07) is 13.2. The lowest BCUT2D eigenvalue weighted by Crippen LogP contribution is -2.20. The number of anilines is 1. The van der Waals surface area contributed by atoms with Crippen LogP contribution in [-0.4, -0.2) is 23.4 Å². The van der Waals surface area contributed by atoms with Crippen LogP contribution < -0.4 is 5.32 Å². The average molecular weight is 368 g/mol. The molecule has 0 heterocycles. The van der Waals surface area contributed by atoms with Crippen molar-refractivity contribution in [3.05, 3.63) is 75.8 Å². The number of carbonyl (C=O) groups is 2. The maximum absolute atomic E-state index is 11.8. The third kappa shape index (κ3) is 6.39. The smallest absolute Gasteiger partial charge is 0.331 e. The minimum Gasteiger partial charge on any atom is -0.452 e. The zero-order valence-corrected chi connectivity index (χ0v) is 15.0. The fourth-order valence-electron chi connectivity index (χ4n) is 2.24. The molecule has 0 radical (unpaired) electrons. The van der Waals surface area contributed by atoms with E-state index in [2.05, 4.69) is 19.2 Å². The van der Waals surface area contributed by atoms with Crippen molar-refractivity contribution < 1.29 is 19.2 Å². The van der Waals surface area contributed by atoms with Gasteiger partial charge in [0.05, 0.1) is 4.92 Å². The molecule has 0 aliphatic rings. The second-order valence-electron chi connectivity index (χ2n) is 6.12. The van der Waals surface area contributed by atoms with E-state index in [1.807, 2.05) is 12.1 Å². The summed E-state index contributed by atoms with van der Waals surface area (Å²) in [7, 11) is 0. The molecule has 7 nitrogen and oxygen atoms in total. The largest absolute Gasteiger partial charge is 0.452 e. The highest BCUT2D eigenvalue weighted by atomic mass is 16.6. The van der Waals surface area contributed by atoms with Crippen LogP contribution in [-0.2, 0) is 14.3 Å². The molecule has 2 aromatic carbocycles. The van der Waals surface area contributed by atoms with Crippen LogP contribution >= 0.6 is 0 Å². The first-order valence-corrected chi connectivity index (χ1v) is 8.34. The van der Waals surface area contributed by atoms with E-state index in [1.165, 1.54) is 24.3 Å². The molecule has 2 aromatic rings. The SMILES string of the molecule is CC(C)c1ccc(NC(=O)COC(=O)/C=C/c2cccc([N+](=O)[O-])c2)cc1. The summed E-state index contributed by atoms with van der Waals surface area (Å²) < 4.78 is 4.87. The van der Waals surface area contributed by atoms with Crippen molar-refractivity contribution in [1.82, 2.24) is 0 Å². The quantitative estimate of drug-likeness (QED) is 0.346. The number of esters is 1. The highest BCUT2D eigenvalue weighted by Gasteiger charge is 2.07. The fourth-order valence-corrected chi connectivity index (χ4v) is 2.24. The van der Waals surface area contributed by atoms with E-state index >= 15 is 0 Å². The molecule has 0 unspecified atom stereocenters. The third-order valence-electron chi connectivity index (χ3n) is 3.70. The summed E-state index contributed by atoms with van der Waals surface area (Å²) in [6.45, 7) is 3.73. The van der Waals surface area contributed by atoms with Gasteiger partial charge in [-0.2, -0.15) is 0 Å². The van der Waals surface area contributed by atoms with E-state index in [4.69, 9.17) is 4.74 Å². The first-order valence-electron chi connectivity index (χ1n) is 8.34. The number of carbonyl (C=O) groups excluding carboxylic acids is 2. The summed E-state index contributed by atoms with van der Waals surface area (Å²) in [5, 5.41) is 13.4. The van der Waals surface area contributed by atoms with E-state index < -0.39 is 23.4 Å². The zero-order valence-electron chi connectivity index (χ0n) is 15.0. The Morgan fingerprint density at radius 1 is 1.19 bits per heavy atom. The molecule has 7 heteroatoms. The van der Waals surface area contributed by atoms with Gasteiger partial charge in [0.15, 0.2) is 6.61 Å². The van der Waals surface area contributed by atoms with E-state index in [1.54, 1.807) is 18.2 Å². The van der Waals surface area contributed by atoms with Crippen molar-refractivity contribution in [2.24, 2.45) is 0 Å². The average Bonchev–Trinajstić information content (AvgIpc) is 2.65. The van der Waals surface area contributed by atoms with Crippen LogP contribution in [0.3, 0.4) is 0 Å². The fraction of sp³-hybridized carbons (Fsp3) is 0.200.